The smallest absolute Gasteiger partial charge is 0.417 e. The van der Waals surface area contributed by atoms with E-state index in [1.165, 1.54) is 12.1 Å². The molecule has 2 aromatic rings. The number of allylic oxidation sites excluding steroid dienone is 1. The van der Waals surface area contributed by atoms with Gasteiger partial charge >= 0.3 is 12.4 Å². The summed E-state index contributed by atoms with van der Waals surface area (Å²) in [6.07, 6.45) is -1.14. The molecule has 0 spiro atoms. The summed E-state index contributed by atoms with van der Waals surface area (Å²) in [7, 11) is 0. The van der Waals surface area contributed by atoms with Gasteiger partial charge in [0.1, 0.15) is 17.7 Å². The van der Waals surface area contributed by atoms with Gasteiger partial charge in [0.15, 0.2) is 0 Å². The number of benzene rings is 1. The third-order valence-electron chi connectivity index (χ3n) is 6.19. The topological polar surface area (TPSA) is 25.4 Å². The van der Waals surface area contributed by atoms with Gasteiger partial charge in [0.25, 0.3) is 0 Å². The number of hydrogen-bond acceptors (Lipinski definition) is 3. The zero-order valence-corrected chi connectivity index (χ0v) is 18.0. The summed E-state index contributed by atoms with van der Waals surface area (Å²) in [5, 5.41) is 0. The molecule has 0 N–H and O–H groups in total. The van der Waals surface area contributed by atoms with E-state index in [1.54, 1.807) is 12.2 Å². The number of rotatable bonds is 5. The van der Waals surface area contributed by atoms with E-state index in [4.69, 9.17) is 4.74 Å². The minimum Gasteiger partial charge on any atom is -0.490 e. The number of ether oxygens (including phenoxy) is 1. The van der Waals surface area contributed by atoms with Crippen LogP contribution in [0.2, 0.25) is 0 Å². The Morgan fingerprint density at radius 3 is 2.15 bits per heavy atom. The van der Waals surface area contributed by atoms with Crippen LogP contribution in [0.25, 0.3) is 6.08 Å². The molecule has 9 heteroatoms. The molecule has 33 heavy (non-hydrogen) atoms. The molecule has 0 aliphatic carbocycles. The summed E-state index contributed by atoms with van der Waals surface area (Å²) in [5.41, 5.74) is -1.13. The molecule has 2 saturated heterocycles. The van der Waals surface area contributed by atoms with Crippen LogP contribution >= 0.6 is 0 Å². The average molecular weight is 470 g/mol. The van der Waals surface area contributed by atoms with Gasteiger partial charge in [-0.1, -0.05) is 19.1 Å². The fourth-order valence-electron chi connectivity index (χ4n) is 4.69. The number of piperidine rings is 1. The fraction of sp³-hybridized carbons (Fsp3) is 0.458. The van der Waals surface area contributed by atoms with Crippen molar-refractivity contribution in [1.82, 2.24) is 4.98 Å². The molecular formula is C24H24F6N2O. The number of alkyl halides is 6. The van der Waals surface area contributed by atoms with Crippen LogP contribution in [0.15, 0.2) is 42.6 Å². The second kappa shape index (κ2) is 8.91. The molecule has 2 aliphatic rings. The highest BCUT2D eigenvalue weighted by atomic mass is 19.4. The van der Waals surface area contributed by atoms with Crippen molar-refractivity contribution >= 4 is 11.9 Å². The van der Waals surface area contributed by atoms with Crippen LogP contribution in [0.1, 0.15) is 55.7 Å². The van der Waals surface area contributed by atoms with Crippen molar-refractivity contribution in [2.24, 2.45) is 0 Å². The lowest BCUT2D eigenvalue weighted by molar-refractivity contribution is -0.138. The molecule has 0 saturated carbocycles. The largest absolute Gasteiger partial charge is 0.490 e. The highest BCUT2D eigenvalue weighted by Crippen LogP contribution is 2.41. The summed E-state index contributed by atoms with van der Waals surface area (Å²) in [5.74, 6) is 0.910. The maximum Gasteiger partial charge on any atom is 0.417 e. The number of hydrogen-bond donors (Lipinski definition) is 0. The second-order valence-corrected chi connectivity index (χ2v) is 8.47. The van der Waals surface area contributed by atoms with E-state index in [9.17, 15) is 26.3 Å². The van der Waals surface area contributed by atoms with E-state index in [-0.39, 0.29) is 18.2 Å². The Morgan fingerprint density at radius 2 is 1.61 bits per heavy atom. The average Bonchev–Trinajstić information content (AvgIpc) is 3.02. The van der Waals surface area contributed by atoms with Gasteiger partial charge in [-0.25, -0.2) is 4.98 Å². The van der Waals surface area contributed by atoms with Gasteiger partial charge in [-0.3, -0.25) is 0 Å². The number of fused-ring (bicyclic) bond motifs is 2. The molecule has 2 unspecified atom stereocenters. The Labute approximate surface area is 188 Å². The van der Waals surface area contributed by atoms with Gasteiger partial charge in [-0.05, 0) is 49.6 Å². The summed E-state index contributed by atoms with van der Waals surface area (Å²) < 4.78 is 84.2. The lowest BCUT2D eigenvalue weighted by Crippen LogP contribution is -2.46. The molecule has 4 rings (SSSR count). The highest BCUT2D eigenvalue weighted by molar-refractivity contribution is 5.59. The lowest BCUT2D eigenvalue weighted by Gasteiger charge is -2.40. The van der Waals surface area contributed by atoms with Crippen LogP contribution < -0.4 is 9.64 Å². The normalized spacial score (nSPS) is 23.4. The SMILES string of the molecule is CC/C=C/c1cc(C(F)(F)F)ccc1OC1CC2CCC(C1)N2c1ccc(C(F)(F)F)cn1. The number of anilines is 1. The van der Waals surface area contributed by atoms with E-state index in [0.717, 1.165) is 37.2 Å². The fourth-order valence-corrected chi connectivity index (χ4v) is 4.69. The van der Waals surface area contributed by atoms with Gasteiger partial charge in [0, 0.05) is 36.7 Å². The first-order valence-electron chi connectivity index (χ1n) is 10.9. The first-order chi connectivity index (χ1) is 15.6. The quantitative estimate of drug-likeness (QED) is 0.435. The van der Waals surface area contributed by atoms with Gasteiger partial charge < -0.3 is 9.64 Å². The number of pyridine rings is 1. The zero-order chi connectivity index (χ0) is 23.8. The van der Waals surface area contributed by atoms with Crippen molar-refractivity contribution in [2.75, 3.05) is 4.90 Å². The van der Waals surface area contributed by atoms with Crippen LogP contribution in [-0.4, -0.2) is 23.2 Å². The van der Waals surface area contributed by atoms with E-state index >= 15 is 0 Å². The zero-order valence-electron chi connectivity index (χ0n) is 18.0. The summed E-state index contributed by atoms with van der Waals surface area (Å²) in [6, 6.07) is 6.04. The van der Waals surface area contributed by atoms with E-state index in [0.29, 0.717) is 36.4 Å². The second-order valence-electron chi connectivity index (χ2n) is 8.47. The number of halogens is 6. The molecule has 2 aliphatic heterocycles. The molecule has 2 bridgehead atoms. The van der Waals surface area contributed by atoms with Gasteiger partial charge in [-0.15, -0.1) is 0 Å². The van der Waals surface area contributed by atoms with Crippen molar-refractivity contribution in [1.29, 1.82) is 0 Å². The number of aromatic nitrogens is 1. The van der Waals surface area contributed by atoms with Crippen LogP contribution in [0.4, 0.5) is 32.2 Å². The first kappa shape index (κ1) is 23.4. The standard InChI is InChI=1S/C24H24F6N2O/c1-2-3-4-15-11-16(23(25,26)27)5-9-21(15)33-20-12-18-7-8-19(13-20)32(18)22-10-6-17(14-31-22)24(28,29)30/h3-6,9-11,14,18-20H,2,7-8,12-13H2,1H3/b4-3+. The Balaban J connectivity index is 1.50. The van der Waals surface area contributed by atoms with E-state index in [2.05, 4.69) is 9.88 Å². The molecule has 3 heterocycles. The van der Waals surface area contributed by atoms with Gasteiger partial charge in [0.2, 0.25) is 0 Å². The number of nitrogens with zero attached hydrogens (tertiary/aromatic N) is 2. The Morgan fingerprint density at radius 1 is 0.970 bits per heavy atom. The van der Waals surface area contributed by atoms with Crippen molar-refractivity contribution in [3.8, 4) is 5.75 Å². The summed E-state index contributed by atoms with van der Waals surface area (Å²) in [6.45, 7) is 1.90. The van der Waals surface area contributed by atoms with Crippen molar-refractivity contribution < 1.29 is 31.1 Å². The van der Waals surface area contributed by atoms with Gasteiger partial charge in [0.05, 0.1) is 11.1 Å². The monoisotopic (exact) mass is 470 g/mol. The maximum absolute atomic E-state index is 13.1. The minimum atomic E-state index is -4.44. The Bertz CT molecular complexity index is 985. The molecule has 2 fully saturated rings. The summed E-state index contributed by atoms with van der Waals surface area (Å²) >= 11 is 0. The van der Waals surface area contributed by atoms with Crippen LogP contribution in [0, 0.1) is 0 Å². The third-order valence-corrected chi connectivity index (χ3v) is 6.19. The molecule has 3 nitrogen and oxygen atoms in total. The molecule has 0 radical (unpaired) electrons. The van der Waals surface area contributed by atoms with Crippen LogP contribution in [0.3, 0.4) is 0 Å². The molecule has 0 amide bonds. The van der Waals surface area contributed by atoms with Crippen molar-refractivity contribution in [2.45, 2.75) is 69.6 Å². The predicted octanol–water partition coefficient (Wildman–Crippen LogP) is 7.12. The van der Waals surface area contributed by atoms with E-state index in [1.807, 2.05) is 6.92 Å². The van der Waals surface area contributed by atoms with Crippen molar-refractivity contribution in [3.63, 3.8) is 0 Å². The van der Waals surface area contributed by atoms with Gasteiger partial charge in [-0.2, -0.15) is 26.3 Å². The summed E-state index contributed by atoms with van der Waals surface area (Å²) in [4.78, 5) is 6.11. The molecule has 1 aromatic carbocycles. The van der Waals surface area contributed by atoms with Crippen molar-refractivity contribution in [3.05, 3.63) is 59.3 Å². The third kappa shape index (κ3) is 5.12. The Kier molecular flexibility index (Phi) is 6.33. The minimum absolute atomic E-state index is 0.0575. The first-order valence-corrected chi connectivity index (χ1v) is 10.9. The molecular weight excluding hydrogens is 446 g/mol. The molecule has 1 aromatic heterocycles. The Hall–Kier alpha value is -2.71. The predicted molar refractivity (Wildman–Crippen MR) is 113 cm³/mol. The van der Waals surface area contributed by atoms with Crippen LogP contribution in [-0.2, 0) is 12.4 Å². The lowest BCUT2D eigenvalue weighted by atomic mass is 9.99. The molecule has 2 atom stereocenters. The van der Waals surface area contributed by atoms with Crippen LogP contribution in [0.5, 0.6) is 5.75 Å². The van der Waals surface area contributed by atoms with E-state index < -0.39 is 23.5 Å². The maximum atomic E-state index is 13.1. The highest BCUT2D eigenvalue weighted by Gasteiger charge is 2.43. The molecule has 178 valence electrons.